The molecule has 2 heterocycles. The largest absolute Gasteiger partial charge is 0.573 e. The minimum Gasteiger partial charge on any atom is -0.425 e. The van der Waals surface area contributed by atoms with Crippen molar-refractivity contribution < 1.29 is 32.2 Å². The van der Waals surface area contributed by atoms with Crippen LogP contribution in [-0.2, 0) is 24.6 Å². The van der Waals surface area contributed by atoms with E-state index in [0.717, 1.165) is 21.3 Å². The number of aromatic nitrogens is 4. The topological polar surface area (TPSA) is 110 Å². The van der Waals surface area contributed by atoms with E-state index in [-0.39, 0.29) is 47.7 Å². The van der Waals surface area contributed by atoms with Crippen molar-refractivity contribution in [2.75, 3.05) is 6.61 Å². The fourth-order valence-corrected chi connectivity index (χ4v) is 5.30. The number of aryl methyl sites for hydroxylation is 1. The first-order valence-electron chi connectivity index (χ1n) is 13.7. The molecule has 0 radical (unpaired) electrons. The molecule has 0 fully saturated rings. The predicted molar refractivity (Wildman–Crippen MR) is 162 cm³/mol. The average molecular weight is 655 g/mol. The van der Waals surface area contributed by atoms with E-state index in [4.69, 9.17) is 20.8 Å². The lowest BCUT2D eigenvalue weighted by atomic mass is 10.2. The Morgan fingerprint density at radius 3 is 2.27 bits per heavy atom. The van der Waals surface area contributed by atoms with Gasteiger partial charge in [-0.25, -0.2) is 4.79 Å². The number of alkyl halides is 3. The van der Waals surface area contributed by atoms with E-state index in [1.165, 1.54) is 23.7 Å². The number of aliphatic hydroxyl groups is 1. The van der Waals surface area contributed by atoms with E-state index in [9.17, 15) is 27.9 Å². The molecular weight excluding hydrogens is 621 g/mol. The molecule has 1 unspecified atom stereocenters. The van der Waals surface area contributed by atoms with Gasteiger partial charge in [0.05, 0.1) is 25.8 Å². The van der Waals surface area contributed by atoms with Gasteiger partial charge in [-0.05, 0) is 48.0 Å². The zero-order valence-electron chi connectivity index (χ0n) is 25.1. The average Bonchev–Trinajstić information content (AvgIpc) is 3.26. The van der Waals surface area contributed by atoms with E-state index in [2.05, 4.69) is 30.5 Å². The highest BCUT2D eigenvalue weighted by molar-refractivity contribution is 6.74. The summed E-state index contributed by atoms with van der Waals surface area (Å²) in [6.45, 7) is 9.85. The van der Waals surface area contributed by atoms with Crippen LogP contribution in [-0.4, -0.2) is 51.2 Å². The molecule has 0 bridgehead atoms. The third kappa shape index (κ3) is 7.54. The maximum atomic E-state index is 13.9. The van der Waals surface area contributed by atoms with Crippen molar-refractivity contribution in [1.29, 1.82) is 0 Å². The Morgan fingerprint density at radius 2 is 1.66 bits per heavy atom. The van der Waals surface area contributed by atoms with Crippen LogP contribution >= 0.6 is 11.6 Å². The van der Waals surface area contributed by atoms with E-state index in [0.29, 0.717) is 10.6 Å². The number of aliphatic hydroxyl groups excluding tert-OH is 1. The number of imidazole rings is 1. The minimum atomic E-state index is -4.91. The van der Waals surface area contributed by atoms with E-state index in [1.807, 2.05) is 13.1 Å². The van der Waals surface area contributed by atoms with Crippen LogP contribution < -0.4 is 20.7 Å². The number of fused-ring (bicyclic) bond motifs is 1. The Labute approximate surface area is 257 Å². The zero-order chi connectivity index (χ0) is 32.6. The molecule has 0 spiro atoms. The first-order chi connectivity index (χ1) is 20.4. The molecule has 238 valence electrons. The lowest BCUT2D eigenvalue weighted by Gasteiger charge is -2.36. The second kappa shape index (κ2) is 12.4. The monoisotopic (exact) mass is 654 g/mol. The quantitative estimate of drug-likeness (QED) is 0.219. The van der Waals surface area contributed by atoms with Crippen LogP contribution in [0.5, 0.6) is 17.5 Å². The lowest BCUT2D eigenvalue weighted by molar-refractivity contribution is -0.274. The van der Waals surface area contributed by atoms with Gasteiger partial charge in [0.25, 0.3) is 5.56 Å². The molecule has 44 heavy (non-hydrogen) atoms. The van der Waals surface area contributed by atoms with E-state index >= 15 is 0 Å². The molecule has 0 amide bonds. The Kier molecular flexibility index (Phi) is 9.40. The summed E-state index contributed by atoms with van der Waals surface area (Å²) < 4.78 is 57.8. The first kappa shape index (κ1) is 33.3. The molecular formula is C29H34ClF3N4O6Si. The second-order valence-corrected chi connectivity index (χ2v) is 17.1. The molecule has 2 aromatic carbocycles. The van der Waals surface area contributed by atoms with Crippen LogP contribution in [0.4, 0.5) is 13.2 Å². The van der Waals surface area contributed by atoms with Gasteiger partial charge < -0.3 is 19.0 Å². The fraction of sp³-hybridized carbons (Fsp3) is 0.414. The number of halogens is 4. The molecule has 0 saturated heterocycles. The number of nitrogens with zero attached hydrogens (tertiary/aromatic N) is 4. The van der Waals surface area contributed by atoms with Crippen molar-refractivity contribution in [2.24, 2.45) is 7.05 Å². The fourth-order valence-electron chi connectivity index (χ4n) is 4.13. The smallest absolute Gasteiger partial charge is 0.425 e. The molecule has 0 aliphatic heterocycles. The molecule has 1 N–H and O–H groups in total. The maximum Gasteiger partial charge on any atom is 0.573 e. The minimum absolute atomic E-state index is 0.0164. The summed E-state index contributed by atoms with van der Waals surface area (Å²) in [7, 11) is -0.799. The number of rotatable bonds is 10. The number of hydrogen-bond acceptors (Lipinski definition) is 7. The summed E-state index contributed by atoms with van der Waals surface area (Å²) in [6, 6.07) is 11.4. The molecule has 0 aliphatic carbocycles. The van der Waals surface area contributed by atoms with Gasteiger partial charge in [0, 0.05) is 18.1 Å². The van der Waals surface area contributed by atoms with Gasteiger partial charge in [0.2, 0.25) is 0 Å². The summed E-state index contributed by atoms with van der Waals surface area (Å²) >= 11 is 6.04. The number of benzene rings is 2. The van der Waals surface area contributed by atoms with E-state index in [1.54, 1.807) is 24.3 Å². The summed E-state index contributed by atoms with van der Waals surface area (Å²) in [4.78, 5) is 31.6. The highest BCUT2D eigenvalue weighted by atomic mass is 35.5. The van der Waals surface area contributed by atoms with Crippen LogP contribution in [0.3, 0.4) is 0 Å². The van der Waals surface area contributed by atoms with Crippen molar-refractivity contribution in [2.45, 2.75) is 64.5 Å². The number of ether oxygens (including phenoxy) is 2. The van der Waals surface area contributed by atoms with Crippen LogP contribution in [0.1, 0.15) is 26.3 Å². The first-order valence-corrected chi connectivity index (χ1v) is 16.9. The molecule has 10 nitrogen and oxygen atoms in total. The lowest BCUT2D eigenvalue weighted by Crippen LogP contribution is -2.46. The van der Waals surface area contributed by atoms with Crippen molar-refractivity contribution in [3.8, 4) is 17.5 Å². The molecule has 1 atom stereocenters. The molecule has 4 rings (SSSR count). The third-order valence-electron chi connectivity index (χ3n) is 7.54. The number of hydrogen-bond donors (Lipinski definition) is 1. The molecule has 0 saturated carbocycles. The molecule has 0 aliphatic rings. The molecule has 4 aromatic rings. The Bertz CT molecular complexity index is 1760. The zero-order valence-corrected chi connectivity index (χ0v) is 26.9. The van der Waals surface area contributed by atoms with Crippen molar-refractivity contribution >= 4 is 31.1 Å². The van der Waals surface area contributed by atoms with Crippen molar-refractivity contribution in [3.63, 3.8) is 0 Å². The van der Waals surface area contributed by atoms with Gasteiger partial charge in [-0.1, -0.05) is 50.6 Å². The summed E-state index contributed by atoms with van der Waals surface area (Å²) in [5.74, 6) is -0.568. The van der Waals surface area contributed by atoms with Gasteiger partial charge in [0.1, 0.15) is 11.5 Å². The van der Waals surface area contributed by atoms with Crippen molar-refractivity contribution in [3.05, 3.63) is 80.0 Å². The van der Waals surface area contributed by atoms with Gasteiger partial charge in [0.15, 0.2) is 19.5 Å². The highest BCUT2D eigenvalue weighted by Crippen LogP contribution is 2.36. The SMILES string of the molecule is Cn1c(=O)n(CC(O)CO[Si](C)(C)C(C)(C)C)c(=O)c2c1nc(Oc1cccc(OC(F)(F)F)c1)n2Cc1ccc(Cl)cc1. The maximum absolute atomic E-state index is 13.9. The second-order valence-electron chi connectivity index (χ2n) is 11.9. The van der Waals surface area contributed by atoms with Crippen LogP contribution in [0, 0.1) is 0 Å². The Morgan fingerprint density at radius 1 is 1.02 bits per heavy atom. The van der Waals surface area contributed by atoms with Crippen LogP contribution in [0.2, 0.25) is 23.2 Å². The summed E-state index contributed by atoms with van der Waals surface area (Å²) in [6.07, 6.45) is -6.07. The van der Waals surface area contributed by atoms with Gasteiger partial charge in [-0.2, -0.15) is 4.98 Å². The third-order valence-corrected chi connectivity index (χ3v) is 12.3. The standard InChI is InChI=1S/C29H34ClF3N4O6Si/c1-28(2,3)44(5,6)41-17-20(38)16-37-25(39)23-24(35(4)27(37)40)34-26(36(23)15-18-10-12-19(30)13-11-18)42-21-8-7-9-22(14-21)43-29(31,32)33/h7-14,20,38H,15-17H2,1-6H3. The van der Waals surface area contributed by atoms with Crippen molar-refractivity contribution in [1.82, 2.24) is 18.7 Å². The predicted octanol–water partition coefficient (Wildman–Crippen LogP) is 5.67. The summed E-state index contributed by atoms with van der Waals surface area (Å²) in [5, 5.41) is 11.2. The van der Waals surface area contributed by atoms with Gasteiger partial charge >= 0.3 is 18.1 Å². The highest BCUT2D eigenvalue weighted by Gasteiger charge is 2.37. The van der Waals surface area contributed by atoms with Gasteiger partial charge in [-0.15, -0.1) is 13.2 Å². The van der Waals surface area contributed by atoms with E-state index < -0.39 is 37.8 Å². The summed E-state index contributed by atoms with van der Waals surface area (Å²) in [5.41, 5.74) is -0.806. The molecule has 2 aromatic heterocycles. The van der Waals surface area contributed by atoms with Crippen LogP contribution in [0.15, 0.2) is 58.1 Å². The normalized spacial score (nSPS) is 13.3. The molecule has 15 heteroatoms. The Balaban J connectivity index is 1.78. The van der Waals surface area contributed by atoms with Crippen LogP contribution in [0.25, 0.3) is 11.2 Å². The van der Waals surface area contributed by atoms with Gasteiger partial charge in [-0.3, -0.25) is 18.5 Å². The Hall–Kier alpha value is -3.59.